The maximum Gasteiger partial charge on any atom is 0.325 e. The second-order valence-electron chi connectivity index (χ2n) is 4.84. The number of amides is 1. The first-order chi connectivity index (χ1) is 11.0. The maximum atomic E-state index is 11.8. The fourth-order valence-corrected chi connectivity index (χ4v) is 2.34. The summed E-state index contributed by atoms with van der Waals surface area (Å²) < 4.78 is 5.07. The van der Waals surface area contributed by atoms with Crippen molar-refractivity contribution in [1.29, 1.82) is 0 Å². The van der Waals surface area contributed by atoms with Gasteiger partial charge in [-0.3, -0.25) is 9.59 Å². The lowest BCUT2D eigenvalue weighted by Gasteiger charge is -2.08. The average Bonchev–Trinajstić information content (AvgIpc) is 2.54. The Balaban J connectivity index is 1.74. The lowest BCUT2D eigenvalue weighted by atomic mass is 10.1. The summed E-state index contributed by atoms with van der Waals surface area (Å²) in [5.41, 5.74) is 1.53. The van der Waals surface area contributed by atoms with E-state index in [1.807, 2.05) is 30.3 Å². The molecule has 0 unspecified atom stereocenters. The summed E-state index contributed by atoms with van der Waals surface area (Å²) >= 11 is 11.8. The Morgan fingerprint density at radius 1 is 1.04 bits per heavy atom. The van der Waals surface area contributed by atoms with Crippen LogP contribution in [0.3, 0.4) is 0 Å². The Kier molecular flexibility index (Phi) is 6.44. The Hall–Kier alpha value is -2.04. The molecule has 6 heteroatoms. The van der Waals surface area contributed by atoms with E-state index < -0.39 is 5.97 Å². The number of hydrogen-bond acceptors (Lipinski definition) is 3. The van der Waals surface area contributed by atoms with E-state index in [9.17, 15) is 9.59 Å². The van der Waals surface area contributed by atoms with Gasteiger partial charge in [-0.2, -0.15) is 0 Å². The van der Waals surface area contributed by atoms with Gasteiger partial charge in [-0.1, -0.05) is 59.6 Å². The molecule has 0 aliphatic carbocycles. The van der Waals surface area contributed by atoms with Crippen LogP contribution < -0.4 is 5.32 Å². The number of ether oxygens (including phenoxy) is 1. The summed E-state index contributed by atoms with van der Waals surface area (Å²) in [6.07, 6.45) is 0.0714. The van der Waals surface area contributed by atoms with Gasteiger partial charge in [-0.25, -0.2) is 0 Å². The third kappa shape index (κ3) is 5.93. The topological polar surface area (TPSA) is 55.4 Å². The minimum absolute atomic E-state index is 0.0714. The van der Waals surface area contributed by atoms with Crippen LogP contribution in [-0.2, 0) is 27.4 Å². The van der Waals surface area contributed by atoms with E-state index in [1.165, 1.54) is 0 Å². The van der Waals surface area contributed by atoms with Crippen LogP contribution in [0.2, 0.25) is 10.0 Å². The van der Waals surface area contributed by atoms with Crippen molar-refractivity contribution in [1.82, 2.24) is 5.32 Å². The highest BCUT2D eigenvalue weighted by Crippen LogP contribution is 2.21. The zero-order chi connectivity index (χ0) is 16.7. The average molecular weight is 352 g/mol. The molecular weight excluding hydrogens is 337 g/mol. The molecule has 0 aliphatic rings. The fourth-order valence-electron chi connectivity index (χ4n) is 1.86. The Morgan fingerprint density at radius 3 is 2.48 bits per heavy atom. The highest BCUT2D eigenvalue weighted by Gasteiger charge is 2.10. The van der Waals surface area contributed by atoms with Gasteiger partial charge in [0.2, 0.25) is 5.91 Å². The summed E-state index contributed by atoms with van der Waals surface area (Å²) in [5.74, 6) is -0.810. The lowest BCUT2D eigenvalue weighted by Crippen LogP contribution is -2.31. The smallest absolute Gasteiger partial charge is 0.325 e. The van der Waals surface area contributed by atoms with Gasteiger partial charge < -0.3 is 10.1 Å². The van der Waals surface area contributed by atoms with Crippen molar-refractivity contribution < 1.29 is 14.3 Å². The van der Waals surface area contributed by atoms with Crippen LogP contribution in [0.5, 0.6) is 0 Å². The van der Waals surface area contributed by atoms with Gasteiger partial charge in [-0.15, -0.1) is 0 Å². The molecule has 0 aromatic heterocycles. The number of esters is 1. The lowest BCUT2D eigenvalue weighted by molar-refractivity contribution is -0.145. The van der Waals surface area contributed by atoms with Crippen LogP contribution >= 0.6 is 23.2 Å². The van der Waals surface area contributed by atoms with Gasteiger partial charge in [0.15, 0.2) is 0 Å². The van der Waals surface area contributed by atoms with E-state index in [4.69, 9.17) is 27.9 Å². The van der Waals surface area contributed by atoms with E-state index in [-0.39, 0.29) is 25.5 Å². The number of halogens is 2. The molecule has 1 N–H and O–H groups in total. The molecule has 0 saturated carbocycles. The molecule has 0 aliphatic heterocycles. The summed E-state index contributed by atoms with van der Waals surface area (Å²) in [7, 11) is 0. The van der Waals surface area contributed by atoms with Crippen molar-refractivity contribution in [3.63, 3.8) is 0 Å². The third-order valence-corrected chi connectivity index (χ3v) is 3.63. The monoisotopic (exact) mass is 351 g/mol. The SMILES string of the molecule is O=C(Cc1ccc(Cl)cc1Cl)NCC(=O)OCc1ccccc1. The molecule has 4 nitrogen and oxygen atoms in total. The van der Waals surface area contributed by atoms with Crippen molar-refractivity contribution in [3.8, 4) is 0 Å². The van der Waals surface area contributed by atoms with E-state index in [0.29, 0.717) is 15.6 Å². The molecule has 2 rings (SSSR count). The molecule has 0 radical (unpaired) electrons. The molecule has 0 saturated heterocycles. The van der Waals surface area contributed by atoms with Crippen LogP contribution in [0.15, 0.2) is 48.5 Å². The van der Waals surface area contributed by atoms with E-state index in [2.05, 4.69) is 5.32 Å². The van der Waals surface area contributed by atoms with Crippen molar-refractivity contribution in [2.45, 2.75) is 13.0 Å². The number of carbonyl (C=O) groups excluding carboxylic acids is 2. The van der Waals surface area contributed by atoms with Gasteiger partial charge in [0.25, 0.3) is 0 Å². The molecule has 2 aromatic carbocycles. The predicted molar refractivity (Wildman–Crippen MR) is 89.4 cm³/mol. The molecule has 0 atom stereocenters. The van der Waals surface area contributed by atoms with Crippen molar-refractivity contribution >= 4 is 35.1 Å². The van der Waals surface area contributed by atoms with Crippen molar-refractivity contribution in [3.05, 3.63) is 69.7 Å². The Labute approximate surface area is 144 Å². The van der Waals surface area contributed by atoms with E-state index >= 15 is 0 Å². The fraction of sp³-hybridized carbons (Fsp3) is 0.176. The zero-order valence-electron chi connectivity index (χ0n) is 12.2. The molecule has 0 bridgehead atoms. The van der Waals surface area contributed by atoms with Crippen molar-refractivity contribution in [2.24, 2.45) is 0 Å². The molecule has 2 aromatic rings. The van der Waals surface area contributed by atoms with Crippen LogP contribution in [-0.4, -0.2) is 18.4 Å². The first-order valence-corrected chi connectivity index (χ1v) is 7.70. The molecule has 0 heterocycles. The van der Waals surface area contributed by atoms with Crippen LogP contribution in [0.4, 0.5) is 0 Å². The van der Waals surface area contributed by atoms with Gasteiger partial charge in [0, 0.05) is 10.0 Å². The Bertz CT molecular complexity index is 689. The molecule has 120 valence electrons. The predicted octanol–water partition coefficient (Wildman–Crippen LogP) is 3.40. The van der Waals surface area contributed by atoms with Crippen molar-refractivity contribution in [2.75, 3.05) is 6.54 Å². The summed E-state index contributed by atoms with van der Waals surface area (Å²) in [4.78, 5) is 23.4. The standard InChI is InChI=1S/C17H15Cl2NO3/c18-14-7-6-13(15(19)9-14)8-16(21)20-10-17(22)23-11-12-4-2-1-3-5-12/h1-7,9H,8,10-11H2,(H,20,21). The quantitative estimate of drug-likeness (QED) is 0.811. The molecular formula is C17H15Cl2NO3. The number of carbonyl (C=O) groups is 2. The first kappa shape index (κ1) is 17.3. The Morgan fingerprint density at radius 2 is 1.78 bits per heavy atom. The van der Waals surface area contributed by atoms with E-state index in [1.54, 1.807) is 18.2 Å². The highest BCUT2D eigenvalue weighted by molar-refractivity contribution is 6.35. The summed E-state index contributed by atoms with van der Waals surface area (Å²) in [5, 5.41) is 3.42. The van der Waals surface area contributed by atoms with Crippen LogP contribution in [0, 0.1) is 0 Å². The number of hydrogen-bond donors (Lipinski definition) is 1. The van der Waals surface area contributed by atoms with Gasteiger partial charge in [0.1, 0.15) is 13.2 Å². The van der Waals surface area contributed by atoms with E-state index in [0.717, 1.165) is 5.56 Å². The molecule has 1 amide bonds. The molecule has 0 spiro atoms. The number of nitrogens with one attached hydrogen (secondary N) is 1. The normalized spacial score (nSPS) is 10.2. The largest absolute Gasteiger partial charge is 0.460 e. The minimum Gasteiger partial charge on any atom is -0.460 e. The number of benzene rings is 2. The molecule has 0 fully saturated rings. The number of rotatable bonds is 6. The van der Waals surface area contributed by atoms with Gasteiger partial charge in [-0.05, 0) is 23.3 Å². The minimum atomic E-state index is -0.496. The second kappa shape index (κ2) is 8.56. The zero-order valence-corrected chi connectivity index (χ0v) is 13.7. The summed E-state index contributed by atoms with van der Waals surface area (Å²) in [6, 6.07) is 14.2. The maximum absolute atomic E-state index is 11.8. The van der Waals surface area contributed by atoms with Crippen LogP contribution in [0.1, 0.15) is 11.1 Å². The first-order valence-electron chi connectivity index (χ1n) is 6.95. The van der Waals surface area contributed by atoms with Gasteiger partial charge in [0.05, 0.1) is 6.42 Å². The van der Waals surface area contributed by atoms with Gasteiger partial charge >= 0.3 is 5.97 Å². The van der Waals surface area contributed by atoms with Crippen LogP contribution in [0.25, 0.3) is 0 Å². The molecule has 23 heavy (non-hydrogen) atoms. The second-order valence-corrected chi connectivity index (χ2v) is 5.68. The summed E-state index contributed by atoms with van der Waals surface area (Å²) in [6.45, 7) is -0.00453. The third-order valence-electron chi connectivity index (χ3n) is 3.04. The highest BCUT2D eigenvalue weighted by atomic mass is 35.5.